The van der Waals surface area contributed by atoms with E-state index in [1.165, 1.54) is 5.57 Å². The van der Waals surface area contributed by atoms with Crippen molar-refractivity contribution in [1.82, 2.24) is 4.90 Å². The highest BCUT2D eigenvalue weighted by atomic mass is 16.5. The molecule has 0 N–H and O–H groups in total. The van der Waals surface area contributed by atoms with Crippen LogP contribution in [0.25, 0.3) is 0 Å². The van der Waals surface area contributed by atoms with Crippen LogP contribution in [0.3, 0.4) is 0 Å². The van der Waals surface area contributed by atoms with E-state index in [4.69, 9.17) is 4.74 Å². The van der Waals surface area contributed by atoms with E-state index in [2.05, 4.69) is 17.6 Å². The number of hydrogen-bond donors (Lipinski definition) is 0. The van der Waals surface area contributed by atoms with Crippen LogP contribution in [-0.2, 0) is 4.74 Å². The van der Waals surface area contributed by atoms with Gasteiger partial charge in [-0.25, -0.2) is 0 Å². The van der Waals surface area contributed by atoms with E-state index in [0.29, 0.717) is 0 Å². The Labute approximate surface area is 74.5 Å². The van der Waals surface area contributed by atoms with E-state index < -0.39 is 0 Å². The summed E-state index contributed by atoms with van der Waals surface area (Å²) in [5.41, 5.74) is 4.51. The van der Waals surface area contributed by atoms with E-state index >= 15 is 0 Å². The van der Waals surface area contributed by atoms with Crippen LogP contribution in [0.15, 0.2) is 17.4 Å². The van der Waals surface area contributed by atoms with Crippen LogP contribution in [0.5, 0.6) is 0 Å². The molecule has 0 amide bonds. The SMILES string of the molecule is CC=C=C(C)CN1CCOCC1. The Hall–Kier alpha value is -0.560. The van der Waals surface area contributed by atoms with Gasteiger partial charge in [-0.1, -0.05) is 0 Å². The number of ether oxygens (including phenoxy) is 1. The largest absolute Gasteiger partial charge is 0.379 e. The molecule has 1 heterocycles. The molecule has 2 heteroatoms. The summed E-state index contributed by atoms with van der Waals surface area (Å²) < 4.78 is 5.26. The molecular formula is C10H17NO. The van der Waals surface area contributed by atoms with Crippen LogP contribution < -0.4 is 0 Å². The lowest BCUT2D eigenvalue weighted by molar-refractivity contribution is 0.0423. The zero-order valence-electron chi connectivity index (χ0n) is 7.97. The Morgan fingerprint density at radius 3 is 2.75 bits per heavy atom. The molecule has 0 unspecified atom stereocenters. The van der Waals surface area contributed by atoms with Crippen molar-refractivity contribution in [3.63, 3.8) is 0 Å². The van der Waals surface area contributed by atoms with Crippen molar-refractivity contribution in [2.24, 2.45) is 0 Å². The molecule has 0 aromatic heterocycles. The molecule has 0 atom stereocenters. The molecule has 0 aromatic carbocycles. The van der Waals surface area contributed by atoms with Gasteiger partial charge < -0.3 is 4.74 Å². The fraction of sp³-hybridized carbons (Fsp3) is 0.700. The van der Waals surface area contributed by atoms with Gasteiger partial charge in [0.05, 0.1) is 13.2 Å². The molecule has 0 spiro atoms. The quantitative estimate of drug-likeness (QED) is 0.577. The third-order valence-electron chi connectivity index (χ3n) is 1.96. The molecule has 1 saturated heterocycles. The summed E-state index contributed by atoms with van der Waals surface area (Å²) in [7, 11) is 0. The number of hydrogen-bond acceptors (Lipinski definition) is 2. The second-order valence-electron chi connectivity index (χ2n) is 3.10. The minimum atomic E-state index is 0.878. The summed E-state index contributed by atoms with van der Waals surface area (Å²) >= 11 is 0. The van der Waals surface area contributed by atoms with Crippen molar-refractivity contribution in [3.05, 3.63) is 17.4 Å². The van der Waals surface area contributed by atoms with Gasteiger partial charge in [-0.05, 0) is 25.5 Å². The Kier molecular flexibility index (Phi) is 4.09. The second-order valence-corrected chi connectivity index (χ2v) is 3.10. The lowest BCUT2D eigenvalue weighted by Crippen LogP contribution is -2.37. The van der Waals surface area contributed by atoms with Crippen molar-refractivity contribution in [2.75, 3.05) is 32.8 Å². The van der Waals surface area contributed by atoms with Crippen LogP contribution in [0.2, 0.25) is 0 Å². The number of morpholine rings is 1. The predicted molar refractivity (Wildman–Crippen MR) is 50.2 cm³/mol. The number of rotatable bonds is 2. The smallest absolute Gasteiger partial charge is 0.0594 e. The van der Waals surface area contributed by atoms with E-state index in [9.17, 15) is 0 Å². The van der Waals surface area contributed by atoms with E-state index in [1.807, 2.05) is 13.0 Å². The molecule has 1 fully saturated rings. The fourth-order valence-electron chi connectivity index (χ4n) is 1.39. The van der Waals surface area contributed by atoms with Gasteiger partial charge in [0.15, 0.2) is 0 Å². The van der Waals surface area contributed by atoms with Gasteiger partial charge in [-0.2, -0.15) is 0 Å². The molecule has 1 rings (SSSR count). The molecule has 1 aliphatic heterocycles. The first-order chi connectivity index (χ1) is 5.83. The first-order valence-electron chi connectivity index (χ1n) is 4.50. The van der Waals surface area contributed by atoms with E-state index in [-0.39, 0.29) is 0 Å². The topological polar surface area (TPSA) is 12.5 Å². The Morgan fingerprint density at radius 2 is 2.17 bits per heavy atom. The Balaban J connectivity index is 2.34. The average Bonchev–Trinajstić information content (AvgIpc) is 2.06. The molecule has 0 aliphatic carbocycles. The molecule has 1 aliphatic rings. The summed E-state index contributed by atoms with van der Waals surface area (Å²) in [5, 5.41) is 0. The van der Waals surface area contributed by atoms with Gasteiger partial charge in [0.2, 0.25) is 0 Å². The monoisotopic (exact) mass is 167 g/mol. The molecule has 12 heavy (non-hydrogen) atoms. The minimum Gasteiger partial charge on any atom is -0.379 e. The van der Waals surface area contributed by atoms with Crippen molar-refractivity contribution in [1.29, 1.82) is 0 Å². The van der Waals surface area contributed by atoms with Crippen LogP contribution in [0.1, 0.15) is 13.8 Å². The van der Waals surface area contributed by atoms with Gasteiger partial charge >= 0.3 is 0 Å². The standard InChI is InChI=1S/C10H17NO/c1-3-4-10(2)9-11-5-7-12-8-6-11/h3H,5-9H2,1-2H3. The summed E-state index contributed by atoms with van der Waals surface area (Å²) in [4.78, 5) is 2.40. The maximum atomic E-state index is 5.26. The molecule has 0 bridgehead atoms. The van der Waals surface area contributed by atoms with E-state index in [0.717, 1.165) is 32.8 Å². The normalized spacial score (nSPS) is 18.5. The predicted octanol–water partition coefficient (Wildman–Crippen LogP) is 1.44. The van der Waals surface area contributed by atoms with Gasteiger partial charge in [-0.3, -0.25) is 4.90 Å². The van der Waals surface area contributed by atoms with Gasteiger partial charge in [0, 0.05) is 19.6 Å². The average molecular weight is 167 g/mol. The Bertz CT molecular complexity index is 186. The molecular weight excluding hydrogens is 150 g/mol. The third kappa shape index (κ3) is 3.22. The summed E-state index contributed by atoms with van der Waals surface area (Å²) in [6.07, 6.45) is 1.97. The van der Waals surface area contributed by atoms with Crippen LogP contribution >= 0.6 is 0 Å². The molecule has 0 saturated carbocycles. The highest BCUT2D eigenvalue weighted by molar-refractivity contribution is 4.99. The van der Waals surface area contributed by atoms with Crippen molar-refractivity contribution >= 4 is 0 Å². The van der Waals surface area contributed by atoms with Crippen molar-refractivity contribution in [3.8, 4) is 0 Å². The highest BCUT2D eigenvalue weighted by Crippen LogP contribution is 2.00. The van der Waals surface area contributed by atoms with Crippen molar-refractivity contribution < 1.29 is 4.74 Å². The van der Waals surface area contributed by atoms with Crippen LogP contribution in [-0.4, -0.2) is 37.7 Å². The molecule has 68 valence electrons. The Morgan fingerprint density at radius 1 is 1.50 bits per heavy atom. The van der Waals surface area contributed by atoms with Gasteiger partial charge in [0.25, 0.3) is 0 Å². The zero-order valence-corrected chi connectivity index (χ0v) is 7.97. The first-order valence-corrected chi connectivity index (χ1v) is 4.50. The zero-order chi connectivity index (χ0) is 8.81. The van der Waals surface area contributed by atoms with Gasteiger partial charge in [0.1, 0.15) is 0 Å². The maximum Gasteiger partial charge on any atom is 0.0594 e. The second kappa shape index (κ2) is 5.15. The molecule has 2 nitrogen and oxygen atoms in total. The summed E-state index contributed by atoms with van der Waals surface area (Å²) in [6, 6.07) is 0. The van der Waals surface area contributed by atoms with Crippen molar-refractivity contribution in [2.45, 2.75) is 13.8 Å². The minimum absolute atomic E-state index is 0.878. The van der Waals surface area contributed by atoms with Crippen LogP contribution in [0, 0.1) is 0 Å². The highest BCUT2D eigenvalue weighted by Gasteiger charge is 2.09. The summed E-state index contributed by atoms with van der Waals surface area (Å²) in [5.74, 6) is 0. The summed E-state index contributed by atoms with van der Waals surface area (Å²) in [6.45, 7) is 9.03. The fourth-order valence-corrected chi connectivity index (χ4v) is 1.39. The third-order valence-corrected chi connectivity index (χ3v) is 1.96. The van der Waals surface area contributed by atoms with E-state index in [1.54, 1.807) is 0 Å². The first kappa shape index (κ1) is 9.53. The molecule has 0 aromatic rings. The lowest BCUT2D eigenvalue weighted by Gasteiger charge is -2.26. The van der Waals surface area contributed by atoms with Crippen LogP contribution in [0.4, 0.5) is 0 Å². The lowest BCUT2D eigenvalue weighted by atomic mass is 10.3. The number of nitrogens with zero attached hydrogens (tertiary/aromatic N) is 1. The maximum absolute atomic E-state index is 5.26. The van der Waals surface area contributed by atoms with Gasteiger partial charge in [-0.15, -0.1) is 5.73 Å². The molecule has 0 radical (unpaired) electrons.